The summed E-state index contributed by atoms with van der Waals surface area (Å²) in [6.07, 6.45) is 0. The van der Waals surface area contributed by atoms with Crippen molar-refractivity contribution >= 4 is 22.4 Å². The third-order valence-electron chi connectivity index (χ3n) is 2.08. The first-order valence-corrected chi connectivity index (χ1v) is 5.34. The summed E-state index contributed by atoms with van der Waals surface area (Å²) in [5.74, 6) is -0.995. The molecule has 0 amide bonds. The molecule has 84 valence electrons. The van der Waals surface area contributed by atoms with Crippen LogP contribution in [0.1, 0.15) is 17.4 Å². The number of hydrogen-bond acceptors (Lipinski definition) is 5. The molecule has 0 unspecified atom stereocenters. The Kier molecular flexibility index (Phi) is 4.05. The second kappa shape index (κ2) is 5.09. The van der Waals surface area contributed by atoms with E-state index in [0.717, 1.165) is 0 Å². The Morgan fingerprint density at radius 3 is 2.93 bits per heavy atom. The van der Waals surface area contributed by atoms with E-state index in [0.29, 0.717) is 11.7 Å². The molecule has 0 spiro atoms. The summed E-state index contributed by atoms with van der Waals surface area (Å²) in [6.45, 7) is 2.57. The van der Waals surface area contributed by atoms with Gasteiger partial charge in [0.25, 0.3) is 0 Å². The average molecular weight is 230 g/mol. The largest absolute Gasteiger partial charge is 0.476 e. The molecule has 1 N–H and O–H groups in total. The number of methoxy groups -OCH3 is 1. The molecule has 0 saturated heterocycles. The monoisotopic (exact) mass is 230 g/mol. The topological polar surface area (TPSA) is 62.7 Å². The van der Waals surface area contributed by atoms with Crippen LogP contribution in [0.25, 0.3) is 0 Å². The highest BCUT2D eigenvalue weighted by Gasteiger charge is 2.15. The maximum Gasteiger partial charge on any atom is 0.355 e. The number of nitrogens with zero attached hydrogens (tertiary/aromatic N) is 2. The van der Waals surface area contributed by atoms with Gasteiger partial charge in [0.15, 0.2) is 10.8 Å². The van der Waals surface area contributed by atoms with Crippen molar-refractivity contribution in [3.05, 3.63) is 11.1 Å². The summed E-state index contributed by atoms with van der Waals surface area (Å²) in [5, 5.41) is 10.9. The van der Waals surface area contributed by atoms with E-state index < -0.39 is 5.97 Å². The molecule has 0 saturated carbocycles. The number of anilines is 1. The fraction of sp³-hybridized carbons (Fsp3) is 0.556. The number of thiazole rings is 1. The number of aromatic nitrogens is 1. The van der Waals surface area contributed by atoms with Crippen molar-refractivity contribution in [2.45, 2.75) is 13.0 Å². The van der Waals surface area contributed by atoms with Crippen molar-refractivity contribution < 1.29 is 14.6 Å². The zero-order valence-electron chi connectivity index (χ0n) is 8.93. The lowest BCUT2D eigenvalue weighted by molar-refractivity contribution is 0.0691. The van der Waals surface area contributed by atoms with Gasteiger partial charge in [-0.3, -0.25) is 0 Å². The normalized spacial score (nSPS) is 12.5. The zero-order valence-corrected chi connectivity index (χ0v) is 9.74. The second-order valence-electron chi connectivity index (χ2n) is 3.24. The number of likely N-dealkylation sites (N-methyl/N-ethyl adjacent to an activating group) is 1. The van der Waals surface area contributed by atoms with Gasteiger partial charge >= 0.3 is 5.97 Å². The molecular formula is C9H14N2O3S. The van der Waals surface area contributed by atoms with E-state index in [1.165, 1.54) is 16.7 Å². The van der Waals surface area contributed by atoms with Gasteiger partial charge in [0.05, 0.1) is 12.6 Å². The van der Waals surface area contributed by atoms with Crippen molar-refractivity contribution in [1.29, 1.82) is 0 Å². The van der Waals surface area contributed by atoms with E-state index in [1.807, 2.05) is 18.9 Å². The maximum absolute atomic E-state index is 10.6. The molecule has 5 nitrogen and oxygen atoms in total. The number of carbonyl (C=O) groups is 1. The highest BCUT2D eigenvalue weighted by atomic mass is 32.1. The van der Waals surface area contributed by atoms with Crippen LogP contribution in [0, 0.1) is 0 Å². The minimum atomic E-state index is -0.995. The molecule has 0 aromatic carbocycles. The smallest absolute Gasteiger partial charge is 0.355 e. The highest BCUT2D eigenvalue weighted by Crippen LogP contribution is 2.21. The zero-order chi connectivity index (χ0) is 11.4. The molecule has 0 aliphatic rings. The lowest BCUT2D eigenvalue weighted by Gasteiger charge is -2.23. The van der Waals surface area contributed by atoms with Crippen molar-refractivity contribution in [3.63, 3.8) is 0 Å². The minimum absolute atomic E-state index is 0.0893. The first kappa shape index (κ1) is 11.9. The quantitative estimate of drug-likeness (QED) is 0.826. The van der Waals surface area contributed by atoms with Crippen LogP contribution in [0.5, 0.6) is 0 Å². The molecule has 1 aromatic rings. The minimum Gasteiger partial charge on any atom is -0.476 e. The van der Waals surface area contributed by atoms with E-state index in [-0.39, 0.29) is 11.7 Å². The van der Waals surface area contributed by atoms with E-state index in [9.17, 15) is 4.79 Å². The van der Waals surface area contributed by atoms with E-state index in [4.69, 9.17) is 9.84 Å². The molecule has 1 atom stereocenters. The molecule has 1 heterocycles. The second-order valence-corrected chi connectivity index (χ2v) is 4.07. The van der Waals surface area contributed by atoms with Crippen molar-refractivity contribution in [2.75, 3.05) is 25.7 Å². The maximum atomic E-state index is 10.6. The molecule has 1 rings (SSSR count). The molecule has 15 heavy (non-hydrogen) atoms. The summed E-state index contributed by atoms with van der Waals surface area (Å²) < 4.78 is 5.02. The summed E-state index contributed by atoms with van der Waals surface area (Å²) in [5.41, 5.74) is 0.0893. The van der Waals surface area contributed by atoms with Gasteiger partial charge in [0, 0.05) is 19.5 Å². The van der Waals surface area contributed by atoms with Crippen LogP contribution in [0.4, 0.5) is 5.13 Å². The van der Waals surface area contributed by atoms with Gasteiger partial charge in [-0.15, -0.1) is 11.3 Å². The van der Waals surface area contributed by atoms with Gasteiger partial charge in [-0.25, -0.2) is 9.78 Å². The number of aromatic carboxylic acids is 1. The number of hydrogen-bond donors (Lipinski definition) is 1. The third kappa shape index (κ3) is 2.90. The number of carboxylic acids is 1. The summed E-state index contributed by atoms with van der Waals surface area (Å²) >= 11 is 1.32. The summed E-state index contributed by atoms with van der Waals surface area (Å²) in [4.78, 5) is 16.5. The third-order valence-corrected chi connectivity index (χ3v) is 3.01. The molecule has 6 heteroatoms. The number of ether oxygens (including phenoxy) is 1. The van der Waals surface area contributed by atoms with Gasteiger partial charge in [-0.05, 0) is 6.92 Å². The molecule has 0 fully saturated rings. The molecule has 0 aliphatic carbocycles. The van der Waals surface area contributed by atoms with Crippen LogP contribution >= 0.6 is 11.3 Å². The summed E-state index contributed by atoms with van der Waals surface area (Å²) in [6, 6.07) is 0.169. The first-order valence-electron chi connectivity index (χ1n) is 4.46. The van der Waals surface area contributed by atoms with Crippen molar-refractivity contribution in [1.82, 2.24) is 4.98 Å². The van der Waals surface area contributed by atoms with Gasteiger partial charge in [0.2, 0.25) is 0 Å². The van der Waals surface area contributed by atoms with Crippen LogP contribution in [0.2, 0.25) is 0 Å². The van der Waals surface area contributed by atoms with E-state index in [1.54, 1.807) is 7.11 Å². The van der Waals surface area contributed by atoms with Gasteiger partial charge < -0.3 is 14.7 Å². The van der Waals surface area contributed by atoms with Crippen LogP contribution in [-0.4, -0.2) is 42.9 Å². The molecule has 0 bridgehead atoms. The lowest BCUT2D eigenvalue weighted by atomic mass is 10.3. The Bertz CT molecular complexity index is 340. The predicted octanol–water partition coefficient (Wildman–Crippen LogP) is 1.31. The summed E-state index contributed by atoms with van der Waals surface area (Å²) in [7, 11) is 3.50. The lowest BCUT2D eigenvalue weighted by Crippen LogP contribution is -2.32. The fourth-order valence-corrected chi connectivity index (χ4v) is 1.93. The molecular weight excluding hydrogens is 216 g/mol. The molecule has 0 radical (unpaired) electrons. The highest BCUT2D eigenvalue weighted by molar-refractivity contribution is 7.13. The SMILES string of the molecule is COC[C@H](C)N(C)c1nc(C(=O)O)cs1. The Balaban J connectivity index is 2.73. The van der Waals surface area contributed by atoms with Crippen molar-refractivity contribution in [3.8, 4) is 0 Å². The Labute approximate surface area is 92.3 Å². The Hall–Kier alpha value is -1.14. The van der Waals surface area contributed by atoms with E-state index in [2.05, 4.69) is 4.98 Å². The van der Waals surface area contributed by atoms with Gasteiger partial charge in [-0.2, -0.15) is 0 Å². The standard InChI is InChI=1S/C9H14N2O3S/c1-6(4-14-3)11(2)9-10-7(5-15-9)8(12)13/h5-6H,4H2,1-3H3,(H,12,13)/t6-/m0/s1. The fourth-order valence-electron chi connectivity index (χ4n) is 1.07. The molecule has 0 aliphatic heterocycles. The first-order chi connectivity index (χ1) is 7.06. The van der Waals surface area contributed by atoms with Crippen LogP contribution in [0.3, 0.4) is 0 Å². The van der Waals surface area contributed by atoms with Crippen LogP contribution < -0.4 is 4.90 Å². The Morgan fingerprint density at radius 2 is 2.47 bits per heavy atom. The Morgan fingerprint density at radius 1 is 1.80 bits per heavy atom. The van der Waals surface area contributed by atoms with Crippen molar-refractivity contribution in [2.24, 2.45) is 0 Å². The van der Waals surface area contributed by atoms with E-state index >= 15 is 0 Å². The van der Waals surface area contributed by atoms with Crippen LogP contribution in [-0.2, 0) is 4.74 Å². The van der Waals surface area contributed by atoms with Gasteiger partial charge in [0.1, 0.15) is 0 Å². The van der Waals surface area contributed by atoms with Crippen LogP contribution in [0.15, 0.2) is 5.38 Å². The van der Waals surface area contributed by atoms with Gasteiger partial charge in [-0.1, -0.05) is 0 Å². The number of rotatable bonds is 5. The molecule has 1 aromatic heterocycles. The predicted molar refractivity (Wildman–Crippen MR) is 58.8 cm³/mol. The average Bonchev–Trinajstić information content (AvgIpc) is 2.65. The number of carboxylic acid groups (broad SMARTS) is 1.